The number of rotatable bonds is 1. The highest BCUT2D eigenvalue weighted by Crippen LogP contribution is 2.21. The van der Waals surface area contributed by atoms with Gasteiger partial charge in [0.1, 0.15) is 5.75 Å². The molecule has 3 aromatic rings. The van der Waals surface area contributed by atoms with Crippen molar-refractivity contribution in [1.82, 2.24) is 4.98 Å². The lowest BCUT2D eigenvalue weighted by Gasteiger charge is -2.05. The van der Waals surface area contributed by atoms with Crippen LogP contribution in [-0.4, -0.2) is 12.1 Å². The Kier molecular flexibility index (Phi) is 2.49. The minimum absolute atomic E-state index is 0.0192. The molecule has 3 rings (SSSR count). The highest BCUT2D eigenvalue weighted by atomic mass is 35.5. The fraction of sp³-hybridized carbons (Fsp3) is 0.0714. The molecular weight excluding hydrogens is 250 g/mol. The van der Waals surface area contributed by atoms with E-state index >= 15 is 0 Å². The summed E-state index contributed by atoms with van der Waals surface area (Å²) < 4.78 is 5.13. The first kappa shape index (κ1) is 11.1. The summed E-state index contributed by atoms with van der Waals surface area (Å²) in [7, 11) is 1.58. The van der Waals surface area contributed by atoms with E-state index in [0.717, 1.165) is 11.0 Å². The van der Waals surface area contributed by atoms with E-state index < -0.39 is 0 Å². The first-order valence-corrected chi connectivity index (χ1v) is 5.86. The predicted octanol–water partition coefficient (Wildman–Crippen LogP) is 3.34. The maximum Gasteiger partial charge on any atom is 0.197 e. The number of fused-ring (bicyclic) bond motifs is 2. The second kappa shape index (κ2) is 4.03. The molecule has 0 saturated heterocycles. The topological polar surface area (TPSA) is 42.1 Å². The second-order valence-electron chi connectivity index (χ2n) is 4.06. The summed E-state index contributed by atoms with van der Waals surface area (Å²) in [6.45, 7) is 0. The van der Waals surface area contributed by atoms with Gasteiger partial charge in [-0.2, -0.15) is 0 Å². The molecule has 0 saturated carbocycles. The van der Waals surface area contributed by atoms with Gasteiger partial charge in [-0.05, 0) is 36.4 Å². The molecule has 18 heavy (non-hydrogen) atoms. The molecule has 0 aliphatic rings. The van der Waals surface area contributed by atoms with Crippen molar-refractivity contribution in [3.63, 3.8) is 0 Å². The number of aromatic amines is 1. The molecule has 2 aromatic carbocycles. The molecule has 0 unspecified atom stereocenters. The summed E-state index contributed by atoms with van der Waals surface area (Å²) in [5.74, 6) is 0.668. The summed E-state index contributed by atoms with van der Waals surface area (Å²) in [4.78, 5) is 15.6. The molecule has 0 aliphatic heterocycles. The van der Waals surface area contributed by atoms with Crippen LogP contribution >= 0.6 is 11.6 Å². The number of hydrogen-bond donors (Lipinski definition) is 1. The molecule has 0 bridgehead atoms. The summed E-state index contributed by atoms with van der Waals surface area (Å²) in [6.07, 6.45) is 0. The maximum absolute atomic E-state index is 12.3. The molecule has 90 valence electrons. The van der Waals surface area contributed by atoms with Crippen molar-refractivity contribution in [2.24, 2.45) is 0 Å². The zero-order chi connectivity index (χ0) is 12.7. The van der Waals surface area contributed by atoms with Crippen molar-refractivity contribution in [2.75, 3.05) is 7.11 Å². The lowest BCUT2D eigenvalue weighted by Crippen LogP contribution is -2.04. The molecule has 1 heterocycles. The Hall–Kier alpha value is -2.00. The van der Waals surface area contributed by atoms with E-state index in [0.29, 0.717) is 21.5 Å². The van der Waals surface area contributed by atoms with Gasteiger partial charge in [0.05, 0.1) is 18.1 Å². The van der Waals surface area contributed by atoms with E-state index in [1.165, 1.54) is 0 Å². The van der Waals surface area contributed by atoms with Gasteiger partial charge in [0.15, 0.2) is 5.43 Å². The molecule has 0 spiro atoms. The van der Waals surface area contributed by atoms with Crippen molar-refractivity contribution >= 4 is 33.4 Å². The van der Waals surface area contributed by atoms with E-state index in [9.17, 15) is 4.79 Å². The molecule has 1 N–H and O–H groups in total. The Labute approximate surface area is 108 Å². The van der Waals surface area contributed by atoms with Gasteiger partial charge in [0.2, 0.25) is 0 Å². The summed E-state index contributed by atoms with van der Waals surface area (Å²) in [6, 6.07) is 10.6. The Balaban J connectivity index is 2.48. The van der Waals surface area contributed by atoms with Gasteiger partial charge in [0, 0.05) is 15.8 Å². The van der Waals surface area contributed by atoms with Crippen molar-refractivity contribution in [2.45, 2.75) is 0 Å². The fourth-order valence-corrected chi connectivity index (χ4v) is 2.23. The van der Waals surface area contributed by atoms with E-state index in [-0.39, 0.29) is 5.43 Å². The predicted molar refractivity (Wildman–Crippen MR) is 73.6 cm³/mol. The lowest BCUT2D eigenvalue weighted by atomic mass is 10.1. The number of H-pyrrole nitrogens is 1. The van der Waals surface area contributed by atoms with Crippen molar-refractivity contribution in [1.29, 1.82) is 0 Å². The smallest absolute Gasteiger partial charge is 0.197 e. The number of benzene rings is 2. The van der Waals surface area contributed by atoms with Gasteiger partial charge in [-0.15, -0.1) is 0 Å². The van der Waals surface area contributed by atoms with Crippen molar-refractivity contribution < 1.29 is 4.74 Å². The highest BCUT2D eigenvalue weighted by molar-refractivity contribution is 6.31. The van der Waals surface area contributed by atoms with Crippen LogP contribution in [-0.2, 0) is 0 Å². The minimum atomic E-state index is -0.0192. The average molecular weight is 260 g/mol. The highest BCUT2D eigenvalue weighted by Gasteiger charge is 2.06. The molecule has 3 nitrogen and oxygen atoms in total. The Morgan fingerprint density at radius 1 is 1.06 bits per heavy atom. The summed E-state index contributed by atoms with van der Waals surface area (Å²) >= 11 is 5.93. The van der Waals surface area contributed by atoms with Crippen LogP contribution < -0.4 is 10.2 Å². The molecule has 0 atom stereocenters. The summed E-state index contributed by atoms with van der Waals surface area (Å²) in [5.41, 5.74) is 1.50. The zero-order valence-corrected chi connectivity index (χ0v) is 10.4. The monoisotopic (exact) mass is 259 g/mol. The largest absolute Gasteiger partial charge is 0.497 e. The standard InChI is InChI=1S/C14H10ClNO2/c1-18-9-3-5-12-11(7-9)14(17)10-4-2-8(15)6-13(10)16-12/h2-7H,1H3,(H,16,17). The number of methoxy groups -OCH3 is 1. The number of nitrogens with one attached hydrogen (secondary N) is 1. The van der Waals surface area contributed by atoms with Crippen LogP contribution in [0, 0.1) is 0 Å². The average Bonchev–Trinajstić information content (AvgIpc) is 2.38. The van der Waals surface area contributed by atoms with Crippen LogP contribution in [0.15, 0.2) is 41.2 Å². The van der Waals surface area contributed by atoms with E-state index in [1.54, 1.807) is 31.4 Å². The number of halogens is 1. The number of ether oxygens (including phenoxy) is 1. The third-order valence-electron chi connectivity index (χ3n) is 2.97. The van der Waals surface area contributed by atoms with Crippen LogP contribution in [0.2, 0.25) is 5.02 Å². The molecular formula is C14H10ClNO2. The third kappa shape index (κ3) is 1.64. The van der Waals surface area contributed by atoms with Gasteiger partial charge in [-0.3, -0.25) is 4.79 Å². The second-order valence-corrected chi connectivity index (χ2v) is 4.49. The van der Waals surface area contributed by atoms with Crippen LogP contribution in [0.25, 0.3) is 21.8 Å². The van der Waals surface area contributed by atoms with Crippen molar-refractivity contribution in [3.8, 4) is 5.75 Å². The van der Waals surface area contributed by atoms with Gasteiger partial charge < -0.3 is 9.72 Å². The summed E-state index contributed by atoms with van der Waals surface area (Å²) in [5, 5.41) is 1.84. The Morgan fingerprint density at radius 3 is 2.67 bits per heavy atom. The van der Waals surface area contributed by atoms with Gasteiger partial charge in [-0.1, -0.05) is 11.6 Å². The van der Waals surface area contributed by atoms with Crippen LogP contribution in [0.3, 0.4) is 0 Å². The zero-order valence-electron chi connectivity index (χ0n) is 9.66. The molecule has 0 radical (unpaired) electrons. The molecule has 1 aromatic heterocycles. The SMILES string of the molecule is COc1ccc2[nH]c3cc(Cl)ccc3c(=O)c2c1. The molecule has 0 aliphatic carbocycles. The molecule has 0 fully saturated rings. The third-order valence-corrected chi connectivity index (χ3v) is 3.20. The first-order chi connectivity index (χ1) is 8.69. The van der Waals surface area contributed by atoms with E-state index in [4.69, 9.17) is 16.3 Å². The Morgan fingerprint density at radius 2 is 1.89 bits per heavy atom. The van der Waals surface area contributed by atoms with E-state index in [1.807, 2.05) is 12.1 Å². The van der Waals surface area contributed by atoms with Crippen LogP contribution in [0.4, 0.5) is 0 Å². The minimum Gasteiger partial charge on any atom is -0.497 e. The molecule has 0 amide bonds. The van der Waals surface area contributed by atoms with Crippen LogP contribution in [0.1, 0.15) is 0 Å². The quantitative estimate of drug-likeness (QED) is 0.681. The van der Waals surface area contributed by atoms with Gasteiger partial charge in [-0.25, -0.2) is 0 Å². The number of hydrogen-bond acceptors (Lipinski definition) is 2. The van der Waals surface area contributed by atoms with Gasteiger partial charge in [0.25, 0.3) is 0 Å². The van der Waals surface area contributed by atoms with Gasteiger partial charge >= 0.3 is 0 Å². The fourth-order valence-electron chi connectivity index (χ4n) is 2.06. The normalized spacial score (nSPS) is 11.0. The maximum atomic E-state index is 12.3. The number of aromatic nitrogens is 1. The van der Waals surface area contributed by atoms with Crippen molar-refractivity contribution in [3.05, 3.63) is 51.6 Å². The number of pyridine rings is 1. The van der Waals surface area contributed by atoms with E-state index in [2.05, 4.69) is 4.98 Å². The van der Waals surface area contributed by atoms with Crippen LogP contribution in [0.5, 0.6) is 5.75 Å². The molecule has 4 heteroatoms. The lowest BCUT2D eigenvalue weighted by molar-refractivity contribution is 0.415. The first-order valence-electron chi connectivity index (χ1n) is 5.48. The Bertz CT molecular complexity index is 808.